The third kappa shape index (κ3) is 5.95. The number of hydrogen-bond donors (Lipinski definition) is 1. The zero-order chi connectivity index (χ0) is 25.2. The van der Waals surface area contributed by atoms with Crippen LogP contribution in [0.2, 0.25) is 10.0 Å². The predicted molar refractivity (Wildman–Crippen MR) is 137 cm³/mol. The topological polar surface area (TPSA) is 53.1 Å². The first-order chi connectivity index (χ1) is 16.6. The average molecular weight is 516 g/mol. The molecule has 0 saturated carbocycles. The van der Waals surface area contributed by atoms with Crippen LogP contribution >= 0.6 is 23.2 Å². The quantitative estimate of drug-likeness (QED) is 0.267. The van der Waals surface area contributed by atoms with Crippen LogP contribution in [0.15, 0.2) is 72.9 Å². The number of nitrogens with zero attached hydrogens (tertiary/aromatic N) is 2. The fourth-order valence-electron chi connectivity index (χ4n) is 4.02. The van der Waals surface area contributed by atoms with Crippen LogP contribution in [0.5, 0.6) is 5.75 Å². The maximum Gasteiger partial charge on any atom is 0.270 e. The predicted octanol–water partition coefficient (Wildman–Crippen LogP) is 7.32. The van der Waals surface area contributed by atoms with Crippen molar-refractivity contribution in [2.45, 2.75) is 31.7 Å². The number of aromatic nitrogens is 2. The Hall–Kier alpha value is -3.09. The fourth-order valence-corrected chi connectivity index (χ4v) is 4.51. The maximum absolute atomic E-state index is 13.8. The number of nitrogen functional groups attached to an aromatic ring is 1. The van der Waals surface area contributed by atoms with Gasteiger partial charge in [0.25, 0.3) is 5.92 Å². The molecule has 35 heavy (non-hydrogen) atoms. The Kier molecular flexibility index (Phi) is 7.33. The number of halogens is 4. The molecule has 0 saturated heterocycles. The summed E-state index contributed by atoms with van der Waals surface area (Å²) in [7, 11) is 1.62. The lowest BCUT2D eigenvalue weighted by molar-refractivity contribution is 0.0174. The van der Waals surface area contributed by atoms with Gasteiger partial charge in [-0.3, -0.25) is 0 Å². The van der Waals surface area contributed by atoms with Gasteiger partial charge in [0, 0.05) is 34.6 Å². The number of imidazole rings is 1. The summed E-state index contributed by atoms with van der Waals surface area (Å²) in [6.07, 6.45) is 2.43. The molecular weight excluding hydrogens is 491 g/mol. The minimum absolute atomic E-state index is 0.0394. The number of methoxy groups -OCH3 is 1. The van der Waals surface area contributed by atoms with Crippen molar-refractivity contribution in [2.75, 3.05) is 12.8 Å². The van der Waals surface area contributed by atoms with E-state index in [1.807, 2.05) is 36.5 Å². The summed E-state index contributed by atoms with van der Waals surface area (Å²) in [6, 6.07) is 19.5. The van der Waals surface area contributed by atoms with Crippen molar-refractivity contribution < 1.29 is 13.5 Å². The van der Waals surface area contributed by atoms with Crippen LogP contribution in [-0.4, -0.2) is 16.7 Å². The lowest BCUT2D eigenvalue weighted by atomic mass is 9.89. The van der Waals surface area contributed by atoms with E-state index in [1.54, 1.807) is 35.9 Å². The van der Waals surface area contributed by atoms with Crippen molar-refractivity contribution in [3.63, 3.8) is 0 Å². The van der Waals surface area contributed by atoms with Crippen LogP contribution < -0.4 is 10.5 Å². The molecule has 1 unspecified atom stereocenters. The lowest BCUT2D eigenvalue weighted by Gasteiger charge is -2.17. The number of anilines is 1. The molecule has 0 aliphatic heterocycles. The monoisotopic (exact) mass is 515 g/mol. The van der Waals surface area contributed by atoms with E-state index in [1.165, 1.54) is 12.1 Å². The minimum Gasteiger partial charge on any atom is -0.497 e. The van der Waals surface area contributed by atoms with Crippen molar-refractivity contribution in [3.8, 4) is 5.75 Å². The van der Waals surface area contributed by atoms with Crippen LogP contribution in [0.25, 0.3) is 0 Å². The van der Waals surface area contributed by atoms with Gasteiger partial charge in [0.15, 0.2) is 0 Å². The van der Waals surface area contributed by atoms with Crippen molar-refractivity contribution in [1.82, 2.24) is 9.55 Å². The van der Waals surface area contributed by atoms with Crippen LogP contribution in [0, 0.1) is 0 Å². The summed E-state index contributed by atoms with van der Waals surface area (Å²) in [5, 5.41) is 1.13. The normalized spacial score (nSPS) is 12.5. The van der Waals surface area contributed by atoms with Crippen molar-refractivity contribution >= 4 is 29.2 Å². The Bertz CT molecular complexity index is 1320. The molecule has 0 fully saturated rings. The van der Waals surface area contributed by atoms with Gasteiger partial charge in [-0.2, -0.15) is 0 Å². The van der Waals surface area contributed by atoms with Gasteiger partial charge in [0.1, 0.15) is 5.75 Å². The molecule has 4 nitrogen and oxygen atoms in total. The Morgan fingerprint density at radius 3 is 2.46 bits per heavy atom. The average Bonchev–Trinajstić information content (AvgIpc) is 3.18. The van der Waals surface area contributed by atoms with Crippen molar-refractivity contribution in [1.29, 1.82) is 0 Å². The second-order valence-electron chi connectivity index (χ2n) is 8.51. The second-order valence-corrected chi connectivity index (χ2v) is 9.35. The Morgan fingerprint density at radius 1 is 1.06 bits per heavy atom. The zero-order valence-corrected chi connectivity index (χ0v) is 20.8. The first kappa shape index (κ1) is 25.0. The molecule has 1 atom stereocenters. The van der Waals surface area contributed by atoms with Gasteiger partial charge in [-0.15, -0.1) is 0 Å². The third-order valence-corrected chi connectivity index (χ3v) is 6.51. The summed E-state index contributed by atoms with van der Waals surface area (Å²) in [4.78, 5) is 4.63. The zero-order valence-electron chi connectivity index (χ0n) is 19.3. The summed E-state index contributed by atoms with van der Waals surface area (Å²) in [5.74, 6) is -2.03. The van der Waals surface area contributed by atoms with Crippen LogP contribution in [-0.2, 0) is 18.9 Å². The van der Waals surface area contributed by atoms with E-state index >= 15 is 0 Å². The van der Waals surface area contributed by atoms with Gasteiger partial charge in [0.05, 0.1) is 19.3 Å². The second kappa shape index (κ2) is 10.3. The number of benzene rings is 3. The number of ether oxygens (including phenoxy) is 1. The van der Waals surface area contributed by atoms with E-state index in [-0.39, 0.29) is 11.5 Å². The highest BCUT2D eigenvalue weighted by atomic mass is 35.5. The van der Waals surface area contributed by atoms with Gasteiger partial charge >= 0.3 is 0 Å². The molecular formula is C27H25Cl2F2N3O. The highest BCUT2D eigenvalue weighted by Gasteiger charge is 2.25. The van der Waals surface area contributed by atoms with E-state index in [4.69, 9.17) is 33.7 Å². The summed E-state index contributed by atoms with van der Waals surface area (Å²) in [5.41, 5.74) is 9.60. The van der Waals surface area contributed by atoms with Crippen LogP contribution in [0.1, 0.15) is 40.8 Å². The first-order valence-electron chi connectivity index (χ1n) is 11.0. The van der Waals surface area contributed by atoms with E-state index < -0.39 is 5.92 Å². The molecule has 2 N–H and O–H groups in total. The molecule has 3 aromatic carbocycles. The molecule has 0 bridgehead atoms. The van der Waals surface area contributed by atoms with Gasteiger partial charge in [-0.05, 0) is 53.4 Å². The Balaban J connectivity index is 1.69. The number of rotatable bonds is 8. The Labute approximate surface area is 213 Å². The van der Waals surface area contributed by atoms with Crippen LogP contribution in [0.4, 0.5) is 14.7 Å². The smallest absolute Gasteiger partial charge is 0.270 e. The van der Waals surface area contributed by atoms with Gasteiger partial charge < -0.3 is 15.0 Å². The number of hydrogen-bond acceptors (Lipinski definition) is 3. The third-order valence-electron chi connectivity index (χ3n) is 5.93. The number of nitrogens with two attached hydrogens (primary N) is 1. The van der Waals surface area contributed by atoms with Gasteiger partial charge in [0.2, 0.25) is 5.95 Å². The van der Waals surface area contributed by atoms with Crippen molar-refractivity contribution in [2.24, 2.45) is 0 Å². The SMILES string of the molecule is COc1ccc(C(Cc2ccc(Cl)cc2Cl)c2cn(Cc3cccc(C(C)(F)F)c3)c(N)n2)cc1. The standard InChI is InChI=1S/C27H25Cl2F2N3O/c1-27(30,31)20-5-3-4-17(12-20)15-34-16-25(33-26(34)32)23(18-7-10-22(35-2)11-8-18)13-19-6-9-21(28)14-24(19)29/h3-12,14,16,23H,13,15H2,1-2H3,(H2,32,33). The molecule has 182 valence electrons. The first-order valence-corrected chi connectivity index (χ1v) is 11.8. The van der Waals surface area contributed by atoms with Gasteiger partial charge in [-0.1, -0.05) is 59.6 Å². The highest BCUT2D eigenvalue weighted by Crippen LogP contribution is 2.33. The molecule has 0 aliphatic rings. The summed E-state index contributed by atoms with van der Waals surface area (Å²) in [6.45, 7) is 1.21. The van der Waals surface area contributed by atoms with E-state index in [9.17, 15) is 8.78 Å². The molecule has 1 heterocycles. The Morgan fingerprint density at radius 2 is 1.80 bits per heavy atom. The maximum atomic E-state index is 13.8. The molecule has 0 spiro atoms. The number of alkyl halides is 2. The van der Waals surface area contributed by atoms with Crippen LogP contribution in [0.3, 0.4) is 0 Å². The molecule has 4 rings (SSSR count). The van der Waals surface area contributed by atoms with E-state index in [2.05, 4.69) is 4.98 Å². The summed E-state index contributed by atoms with van der Waals surface area (Å²) >= 11 is 12.6. The molecule has 0 amide bonds. The minimum atomic E-state index is -2.92. The molecule has 1 aromatic heterocycles. The molecule has 0 radical (unpaired) electrons. The molecule has 0 aliphatic carbocycles. The molecule has 8 heteroatoms. The molecule has 4 aromatic rings. The lowest BCUT2D eigenvalue weighted by Crippen LogP contribution is -2.09. The van der Waals surface area contributed by atoms with E-state index in [0.717, 1.165) is 29.5 Å². The van der Waals surface area contributed by atoms with Gasteiger partial charge in [-0.25, -0.2) is 13.8 Å². The largest absolute Gasteiger partial charge is 0.497 e. The summed E-state index contributed by atoms with van der Waals surface area (Å²) < 4.78 is 34.7. The van der Waals surface area contributed by atoms with Crippen molar-refractivity contribution in [3.05, 3.63) is 111 Å². The van der Waals surface area contributed by atoms with E-state index in [0.29, 0.717) is 34.5 Å². The highest BCUT2D eigenvalue weighted by molar-refractivity contribution is 6.35. The fraction of sp³-hybridized carbons (Fsp3) is 0.222.